The molecule has 0 radical (unpaired) electrons. The van der Waals surface area contributed by atoms with Gasteiger partial charge >= 0.3 is 0 Å². The van der Waals surface area contributed by atoms with Gasteiger partial charge in [0, 0.05) is 50.6 Å². The molecular weight excluding hydrogens is 401 g/mol. The lowest BCUT2D eigenvalue weighted by molar-refractivity contribution is -0.138. The van der Waals surface area contributed by atoms with Gasteiger partial charge < -0.3 is 15.0 Å². The number of amides is 2. The van der Waals surface area contributed by atoms with Crippen LogP contribution in [-0.4, -0.2) is 71.6 Å². The Kier molecular flexibility index (Phi) is 7.27. The summed E-state index contributed by atoms with van der Waals surface area (Å²) in [7, 11) is 3.22. The van der Waals surface area contributed by atoms with E-state index < -0.39 is 11.9 Å². The fourth-order valence-corrected chi connectivity index (χ4v) is 3.84. The minimum Gasteiger partial charge on any atom is -0.497 e. The lowest BCUT2D eigenvalue weighted by Crippen LogP contribution is -2.56. The number of hydrogen-bond donors (Lipinski definition) is 2. The number of aromatic amines is 1. The molecule has 1 aromatic heterocycles. The number of rotatable bonds is 8. The van der Waals surface area contributed by atoms with Crippen molar-refractivity contribution in [3.8, 4) is 5.75 Å². The highest BCUT2D eigenvalue weighted by Crippen LogP contribution is 2.21. The molecule has 2 N–H and O–H groups in total. The average Bonchev–Trinajstić information content (AvgIpc) is 3.07. The number of nitrogens with one attached hydrogen (secondary N) is 2. The van der Waals surface area contributed by atoms with Crippen molar-refractivity contribution >= 4 is 11.8 Å². The largest absolute Gasteiger partial charge is 0.497 e. The first-order chi connectivity index (χ1) is 14.8. The van der Waals surface area contributed by atoms with Gasteiger partial charge in [-0.3, -0.25) is 19.6 Å². The molecule has 3 rings (SSSR count). The van der Waals surface area contributed by atoms with E-state index in [1.165, 1.54) is 13.2 Å². The van der Waals surface area contributed by atoms with E-state index in [-0.39, 0.29) is 24.8 Å². The van der Waals surface area contributed by atoms with Gasteiger partial charge in [-0.15, -0.1) is 0 Å². The maximum atomic E-state index is 14.4. The molecule has 1 aliphatic rings. The highest BCUT2D eigenvalue weighted by molar-refractivity contribution is 5.88. The van der Waals surface area contributed by atoms with E-state index >= 15 is 0 Å². The van der Waals surface area contributed by atoms with E-state index in [0.717, 1.165) is 17.0 Å². The first kappa shape index (κ1) is 22.7. The van der Waals surface area contributed by atoms with Crippen molar-refractivity contribution < 1.29 is 18.7 Å². The molecule has 1 saturated heterocycles. The second-order valence-electron chi connectivity index (χ2n) is 7.92. The smallest absolute Gasteiger partial charge is 0.237 e. The summed E-state index contributed by atoms with van der Waals surface area (Å²) in [6.07, 6.45) is 0.734. The molecule has 8 nitrogen and oxygen atoms in total. The van der Waals surface area contributed by atoms with Crippen molar-refractivity contribution in [1.82, 2.24) is 25.3 Å². The minimum absolute atomic E-state index is 0.0451. The number of carbonyl (C=O) groups is 2. The molecule has 2 aromatic rings. The van der Waals surface area contributed by atoms with Crippen LogP contribution in [0.15, 0.2) is 18.2 Å². The van der Waals surface area contributed by atoms with Crippen molar-refractivity contribution in [2.24, 2.45) is 0 Å². The fraction of sp³-hybridized carbons (Fsp3) is 0.500. The number of hydrogen-bond acceptors (Lipinski definition) is 5. The predicted molar refractivity (Wildman–Crippen MR) is 114 cm³/mol. The van der Waals surface area contributed by atoms with Gasteiger partial charge in [-0.2, -0.15) is 5.10 Å². The standard InChI is InChI=1S/C22H30FN5O3/c1-14-18(15(2)26-25-14)7-9-27(3)21(29)12-20-22(30)24-8-10-28(20)13-16-5-6-17(31-4)11-19(16)23/h5-6,11,20H,7-10,12-13H2,1-4H3,(H,24,30)(H,25,26)/t20-/m0/s1. The molecule has 1 atom stereocenters. The highest BCUT2D eigenvalue weighted by atomic mass is 19.1. The third kappa shape index (κ3) is 5.41. The van der Waals surface area contributed by atoms with Crippen LogP contribution in [0.4, 0.5) is 4.39 Å². The van der Waals surface area contributed by atoms with E-state index in [2.05, 4.69) is 15.5 Å². The lowest BCUT2D eigenvalue weighted by Gasteiger charge is -2.35. The van der Waals surface area contributed by atoms with Crippen LogP contribution in [0.25, 0.3) is 0 Å². The van der Waals surface area contributed by atoms with E-state index in [4.69, 9.17) is 4.74 Å². The van der Waals surface area contributed by atoms with E-state index in [1.807, 2.05) is 18.7 Å². The zero-order chi connectivity index (χ0) is 22.5. The number of halogens is 1. The summed E-state index contributed by atoms with van der Waals surface area (Å²) in [5.41, 5.74) is 3.49. The van der Waals surface area contributed by atoms with Crippen LogP contribution >= 0.6 is 0 Å². The molecule has 0 spiro atoms. The van der Waals surface area contributed by atoms with Gasteiger partial charge in [-0.1, -0.05) is 6.07 Å². The number of aromatic nitrogens is 2. The van der Waals surface area contributed by atoms with Gasteiger partial charge in [0.25, 0.3) is 0 Å². The monoisotopic (exact) mass is 431 g/mol. The van der Waals surface area contributed by atoms with Crippen molar-refractivity contribution in [2.45, 2.75) is 39.3 Å². The Morgan fingerprint density at radius 2 is 2.16 bits per heavy atom. The third-order valence-corrected chi connectivity index (χ3v) is 5.85. The maximum Gasteiger partial charge on any atom is 0.237 e. The van der Waals surface area contributed by atoms with Crippen molar-refractivity contribution in [3.63, 3.8) is 0 Å². The van der Waals surface area contributed by atoms with Crippen LogP contribution in [0.3, 0.4) is 0 Å². The first-order valence-corrected chi connectivity index (χ1v) is 10.4. The second kappa shape index (κ2) is 9.91. The van der Waals surface area contributed by atoms with Gasteiger partial charge in [-0.25, -0.2) is 4.39 Å². The molecule has 0 bridgehead atoms. The molecule has 2 heterocycles. The number of methoxy groups -OCH3 is 1. The van der Waals surface area contributed by atoms with Crippen LogP contribution in [0.5, 0.6) is 5.75 Å². The molecule has 0 aliphatic carbocycles. The zero-order valence-electron chi connectivity index (χ0n) is 18.5. The number of nitrogens with zero attached hydrogens (tertiary/aromatic N) is 3. The van der Waals surface area contributed by atoms with E-state index in [9.17, 15) is 14.0 Å². The number of aryl methyl sites for hydroxylation is 2. The van der Waals surface area contributed by atoms with E-state index in [0.29, 0.717) is 37.4 Å². The summed E-state index contributed by atoms with van der Waals surface area (Å²) < 4.78 is 19.5. The van der Waals surface area contributed by atoms with Crippen LogP contribution in [-0.2, 0) is 22.6 Å². The normalized spacial score (nSPS) is 16.8. The molecule has 9 heteroatoms. The Hall–Kier alpha value is -2.94. The Morgan fingerprint density at radius 3 is 2.81 bits per heavy atom. The van der Waals surface area contributed by atoms with Gasteiger partial charge in [-0.05, 0) is 31.9 Å². The summed E-state index contributed by atoms with van der Waals surface area (Å²) in [5, 5.41) is 9.95. The predicted octanol–water partition coefficient (Wildman–Crippen LogP) is 1.57. The summed E-state index contributed by atoms with van der Waals surface area (Å²) in [5.74, 6) is -0.281. The summed E-state index contributed by atoms with van der Waals surface area (Å²) in [4.78, 5) is 28.9. The van der Waals surface area contributed by atoms with Gasteiger partial charge in [0.2, 0.25) is 11.8 Å². The topological polar surface area (TPSA) is 90.6 Å². The highest BCUT2D eigenvalue weighted by Gasteiger charge is 2.33. The van der Waals surface area contributed by atoms with Crippen LogP contribution in [0.2, 0.25) is 0 Å². The van der Waals surface area contributed by atoms with Crippen molar-refractivity contribution in [2.75, 3.05) is 33.8 Å². The molecule has 2 amide bonds. The van der Waals surface area contributed by atoms with Crippen molar-refractivity contribution in [1.29, 1.82) is 0 Å². The number of piperazine rings is 1. The first-order valence-electron chi connectivity index (χ1n) is 10.4. The Balaban J connectivity index is 1.64. The Morgan fingerprint density at radius 1 is 1.39 bits per heavy atom. The second-order valence-corrected chi connectivity index (χ2v) is 7.92. The quantitative estimate of drug-likeness (QED) is 0.662. The maximum absolute atomic E-state index is 14.4. The summed E-state index contributed by atoms with van der Waals surface area (Å²) in [6.45, 7) is 5.69. The molecule has 0 unspecified atom stereocenters. The third-order valence-electron chi connectivity index (χ3n) is 5.85. The van der Waals surface area contributed by atoms with Crippen LogP contribution in [0.1, 0.15) is 28.9 Å². The van der Waals surface area contributed by atoms with Crippen molar-refractivity contribution in [3.05, 3.63) is 46.5 Å². The Labute approximate surface area is 181 Å². The van der Waals surface area contributed by atoms with Gasteiger partial charge in [0.15, 0.2) is 0 Å². The van der Waals surface area contributed by atoms with Crippen LogP contribution in [0, 0.1) is 19.7 Å². The molecule has 31 heavy (non-hydrogen) atoms. The molecular formula is C22H30FN5O3. The minimum atomic E-state index is -0.636. The SMILES string of the molecule is COc1ccc(CN2CCNC(=O)[C@@H]2CC(=O)N(C)CCc2c(C)n[nH]c2C)c(F)c1. The Bertz CT molecular complexity index is 926. The number of ether oxygens (including phenoxy) is 1. The zero-order valence-corrected chi connectivity index (χ0v) is 18.5. The van der Waals surface area contributed by atoms with Crippen LogP contribution < -0.4 is 10.1 Å². The number of H-pyrrole nitrogens is 1. The van der Waals surface area contributed by atoms with Gasteiger partial charge in [0.05, 0.1) is 25.3 Å². The number of likely N-dealkylation sites (N-methyl/N-ethyl adjacent to an activating group) is 1. The molecule has 0 saturated carbocycles. The molecule has 1 aromatic carbocycles. The summed E-state index contributed by atoms with van der Waals surface area (Å²) in [6, 6.07) is 4.03. The molecule has 1 fully saturated rings. The van der Waals surface area contributed by atoms with E-state index in [1.54, 1.807) is 24.1 Å². The average molecular weight is 432 g/mol. The fourth-order valence-electron chi connectivity index (χ4n) is 3.84. The number of carbonyl (C=O) groups excluding carboxylic acids is 2. The molecule has 1 aliphatic heterocycles. The lowest BCUT2D eigenvalue weighted by atomic mass is 10.1. The summed E-state index contributed by atoms with van der Waals surface area (Å²) >= 11 is 0. The molecule has 168 valence electrons. The van der Waals surface area contributed by atoms with Gasteiger partial charge in [0.1, 0.15) is 11.6 Å². The number of benzene rings is 1.